The molecule has 15 heavy (non-hydrogen) atoms. The summed E-state index contributed by atoms with van der Waals surface area (Å²) in [5, 5.41) is 0. The zero-order valence-corrected chi connectivity index (χ0v) is 10.4. The molecule has 80 valence electrons. The van der Waals surface area contributed by atoms with Crippen molar-refractivity contribution in [3.63, 3.8) is 0 Å². The Hall–Kier alpha value is -0.890. The van der Waals surface area contributed by atoms with Gasteiger partial charge in [-0.15, -0.1) is 11.3 Å². The topological polar surface area (TPSA) is 12.9 Å². The van der Waals surface area contributed by atoms with E-state index in [4.69, 9.17) is 0 Å². The van der Waals surface area contributed by atoms with Crippen molar-refractivity contribution < 1.29 is 0 Å². The molecule has 1 heterocycles. The van der Waals surface area contributed by atoms with Crippen molar-refractivity contribution in [3.05, 3.63) is 29.3 Å². The van der Waals surface area contributed by atoms with Crippen molar-refractivity contribution in [1.82, 2.24) is 4.98 Å². The molecule has 0 N–H and O–H groups in total. The van der Waals surface area contributed by atoms with Crippen LogP contribution in [0.1, 0.15) is 39.2 Å². The van der Waals surface area contributed by atoms with E-state index < -0.39 is 0 Å². The molecule has 0 atom stereocenters. The predicted octanol–water partition coefficient (Wildman–Crippen LogP) is 4.37. The van der Waals surface area contributed by atoms with Crippen molar-refractivity contribution in [2.45, 2.75) is 39.0 Å². The van der Waals surface area contributed by atoms with Crippen LogP contribution in [0.15, 0.2) is 23.7 Å². The van der Waals surface area contributed by atoms with E-state index in [9.17, 15) is 0 Å². The average molecular weight is 219 g/mol. The summed E-state index contributed by atoms with van der Waals surface area (Å²) in [6.45, 7) is 6.87. The summed E-state index contributed by atoms with van der Waals surface area (Å²) in [6, 6.07) is 6.68. The van der Waals surface area contributed by atoms with Gasteiger partial charge in [0.15, 0.2) is 0 Å². The highest BCUT2D eigenvalue weighted by molar-refractivity contribution is 7.16. The normalized spacial score (nSPS) is 12.2. The van der Waals surface area contributed by atoms with Crippen molar-refractivity contribution in [2.75, 3.05) is 0 Å². The summed E-state index contributed by atoms with van der Waals surface area (Å²) in [6.07, 6.45) is 2.38. The molecule has 0 aliphatic heterocycles. The lowest BCUT2D eigenvalue weighted by molar-refractivity contribution is 0.439. The molecule has 0 bridgehead atoms. The fourth-order valence-corrected chi connectivity index (χ4v) is 2.61. The standard InChI is InChI=1S/C13H17NS/c1-4-13(3,5-2)10-6-7-11-12(8-10)15-9-14-11/h6-9H,4-5H2,1-3H3. The van der Waals surface area contributed by atoms with Gasteiger partial charge < -0.3 is 0 Å². The van der Waals surface area contributed by atoms with Crippen LogP contribution >= 0.6 is 11.3 Å². The Balaban J connectivity index is 2.51. The summed E-state index contributed by atoms with van der Waals surface area (Å²) in [7, 11) is 0. The molecule has 1 aromatic carbocycles. The van der Waals surface area contributed by atoms with E-state index in [0.29, 0.717) is 5.41 Å². The first-order valence-corrected chi connectivity index (χ1v) is 6.41. The Morgan fingerprint density at radius 3 is 2.67 bits per heavy atom. The molecule has 0 amide bonds. The molecule has 2 heteroatoms. The van der Waals surface area contributed by atoms with Crippen molar-refractivity contribution in [2.24, 2.45) is 0 Å². The first-order chi connectivity index (χ1) is 7.19. The number of fused-ring (bicyclic) bond motifs is 1. The van der Waals surface area contributed by atoms with Gasteiger partial charge in [-0.3, -0.25) is 0 Å². The van der Waals surface area contributed by atoms with Crippen molar-refractivity contribution >= 4 is 21.6 Å². The highest BCUT2D eigenvalue weighted by Crippen LogP contribution is 2.33. The minimum Gasteiger partial charge on any atom is -0.245 e. The highest BCUT2D eigenvalue weighted by Gasteiger charge is 2.22. The quantitative estimate of drug-likeness (QED) is 0.746. The lowest BCUT2D eigenvalue weighted by Crippen LogP contribution is -2.19. The second-order valence-electron chi connectivity index (χ2n) is 4.30. The molecule has 0 saturated heterocycles. The van der Waals surface area contributed by atoms with Gasteiger partial charge in [0.1, 0.15) is 0 Å². The number of thiazole rings is 1. The molecule has 0 radical (unpaired) electrons. The fourth-order valence-electron chi connectivity index (χ4n) is 1.89. The van der Waals surface area contributed by atoms with E-state index in [1.807, 2.05) is 5.51 Å². The summed E-state index contributed by atoms with van der Waals surface area (Å²) in [5.41, 5.74) is 4.81. The summed E-state index contributed by atoms with van der Waals surface area (Å²) >= 11 is 1.73. The molecular formula is C13H17NS. The van der Waals surface area contributed by atoms with Gasteiger partial charge in [0, 0.05) is 0 Å². The van der Waals surface area contributed by atoms with Crippen LogP contribution < -0.4 is 0 Å². The van der Waals surface area contributed by atoms with E-state index in [1.165, 1.54) is 23.1 Å². The van der Waals surface area contributed by atoms with E-state index >= 15 is 0 Å². The lowest BCUT2D eigenvalue weighted by atomic mass is 9.78. The van der Waals surface area contributed by atoms with Gasteiger partial charge in [-0.05, 0) is 36.0 Å². The lowest BCUT2D eigenvalue weighted by Gasteiger charge is -2.27. The van der Waals surface area contributed by atoms with E-state index in [0.717, 1.165) is 5.52 Å². The molecular weight excluding hydrogens is 202 g/mol. The molecule has 0 fully saturated rings. The van der Waals surface area contributed by atoms with Crippen LogP contribution in [0.3, 0.4) is 0 Å². The number of aromatic nitrogens is 1. The fraction of sp³-hybridized carbons (Fsp3) is 0.462. The third-order valence-electron chi connectivity index (χ3n) is 3.59. The van der Waals surface area contributed by atoms with Gasteiger partial charge in [-0.2, -0.15) is 0 Å². The Kier molecular flexibility index (Phi) is 2.79. The first kappa shape index (κ1) is 10.6. The number of benzene rings is 1. The largest absolute Gasteiger partial charge is 0.245 e. The summed E-state index contributed by atoms with van der Waals surface area (Å²) in [4.78, 5) is 4.31. The Labute approximate surface area is 95.2 Å². The third-order valence-corrected chi connectivity index (χ3v) is 4.38. The Bertz CT molecular complexity index is 454. The predicted molar refractivity (Wildman–Crippen MR) is 67.6 cm³/mol. The molecule has 1 nitrogen and oxygen atoms in total. The van der Waals surface area contributed by atoms with E-state index in [1.54, 1.807) is 11.3 Å². The van der Waals surface area contributed by atoms with Crippen LogP contribution in [0, 0.1) is 0 Å². The van der Waals surface area contributed by atoms with Crippen LogP contribution in [-0.4, -0.2) is 4.98 Å². The average Bonchev–Trinajstić information content (AvgIpc) is 2.74. The number of nitrogens with zero attached hydrogens (tertiary/aromatic N) is 1. The van der Waals surface area contributed by atoms with Gasteiger partial charge >= 0.3 is 0 Å². The summed E-state index contributed by atoms with van der Waals surface area (Å²) < 4.78 is 1.31. The van der Waals surface area contributed by atoms with Crippen molar-refractivity contribution in [3.8, 4) is 0 Å². The molecule has 0 saturated carbocycles. The molecule has 2 rings (SSSR count). The molecule has 0 aliphatic carbocycles. The monoisotopic (exact) mass is 219 g/mol. The minimum absolute atomic E-state index is 0.318. The highest BCUT2D eigenvalue weighted by atomic mass is 32.1. The van der Waals surface area contributed by atoms with E-state index in [-0.39, 0.29) is 0 Å². The zero-order valence-electron chi connectivity index (χ0n) is 9.58. The smallest absolute Gasteiger partial charge is 0.0812 e. The Morgan fingerprint density at radius 1 is 1.27 bits per heavy atom. The Morgan fingerprint density at radius 2 is 2.00 bits per heavy atom. The van der Waals surface area contributed by atoms with Gasteiger partial charge in [0.25, 0.3) is 0 Å². The SMILES string of the molecule is CCC(C)(CC)c1ccc2ncsc2c1. The maximum absolute atomic E-state index is 4.31. The van der Waals surface area contributed by atoms with Gasteiger partial charge in [0.2, 0.25) is 0 Å². The van der Waals surface area contributed by atoms with Crippen LogP contribution in [0.4, 0.5) is 0 Å². The van der Waals surface area contributed by atoms with Gasteiger partial charge in [-0.25, -0.2) is 4.98 Å². The van der Waals surface area contributed by atoms with Crippen LogP contribution in [0.25, 0.3) is 10.2 Å². The first-order valence-electron chi connectivity index (χ1n) is 5.53. The molecule has 1 aromatic heterocycles. The van der Waals surface area contributed by atoms with Gasteiger partial charge in [-0.1, -0.05) is 26.8 Å². The molecule has 0 unspecified atom stereocenters. The molecule has 0 spiro atoms. The second-order valence-corrected chi connectivity index (χ2v) is 5.19. The maximum Gasteiger partial charge on any atom is 0.0812 e. The second kappa shape index (κ2) is 3.93. The van der Waals surface area contributed by atoms with Crippen LogP contribution in [0.5, 0.6) is 0 Å². The molecule has 0 aliphatic rings. The number of hydrogen-bond donors (Lipinski definition) is 0. The van der Waals surface area contributed by atoms with E-state index in [2.05, 4.69) is 44.0 Å². The van der Waals surface area contributed by atoms with Crippen molar-refractivity contribution in [1.29, 1.82) is 0 Å². The third kappa shape index (κ3) is 1.78. The van der Waals surface area contributed by atoms with Crippen LogP contribution in [-0.2, 0) is 5.41 Å². The maximum atomic E-state index is 4.31. The zero-order chi connectivity index (χ0) is 10.9. The number of hydrogen-bond acceptors (Lipinski definition) is 2. The van der Waals surface area contributed by atoms with Gasteiger partial charge in [0.05, 0.1) is 15.7 Å². The van der Waals surface area contributed by atoms with Crippen LogP contribution in [0.2, 0.25) is 0 Å². The number of rotatable bonds is 3. The molecule has 2 aromatic rings. The minimum atomic E-state index is 0.318. The summed E-state index contributed by atoms with van der Waals surface area (Å²) in [5.74, 6) is 0.